The number of thiazole rings is 1. The molecular weight excluding hydrogens is 352 g/mol. The normalized spacial score (nSPS) is 24.0. The SMILES string of the molecule is CC(=O)N1CC(=O)N(c2cnn(C)c2)C[C@]12CCN(Cc1nccs1)C2. The van der Waals surface area contributed by atoms with E-state index in [2.05, 4.69) is 15.0 Å². The first-order valence-corrected chi connectivity index (χ1v) is 9.53. The third kappa shape index (κ3) is 3.01. The standard InChI is InChI=1S/C17H22N6O2S/c1-13(24)23-10-16(25)22(14-7-19-20(2)8-14)12-17(23)3-5-21(11-17)9-15-18-4-6-26-15/h4,6-8H,3,5,9-12H2,1-2H3/t17-/m1/s1. The van der Waals surface area contributed by atoms with Crippen LogP contribution in [0, 0.1) is 0 Å². The molecule has 0 aromatic carbocycles. The van der Waals surface area contributed by atoms with E-state index in [1.165, 1.54) is 0 Å². The lowest BCUT2D eigenvalue weighted by Crippen LogP contribution is -2.66. The van der Waals surface area contributed by atoms with Gasteiger partial charge in [-0.05, 0) is 6.42 Å². The van der Waals surface area contributed by atoms with Crippen LogP contribution in [0.15, 0.2) is 24.0 Å². The summed E-state index contributed by atoms with van der Waals surface area (Å²) in [6.45, 7) is 4.60. The molecule has 2 aliphatic rings. The quantitative estimate of drug-likeness (QED) is 0.791. The maximum Gasteiger partial charge on any atom is 0.246 e. The van der Waals surface area contributed by atoms with Crippen LogP contribution >= 0.6 is 11.3 Å². The second-order valence-corrected chi connectivity index (χ2v) is 8.05. The minimum Gasteiger partial charge on any atom is -0.325 e. The van der Waals surface area contributed by atoms with Crippen LogP contribution in [0.2, 0.25) is 0 Å². The molecule has 26 heavy (non-hydrogen) atoms. The van der Waals surface area contributed by atoms with Crippen molar-refractivity contribution >= 4 is 28.8 Å². The largest absolute Gasteiger partial charge is 0.325 e. The lowest BCUT2D eigenvalue weighted by atomic mass is 9.92. The molecule has 2 saturated heterocycles. The fraction of sp³-hybridized carbons (Fsp3) is 0.529. The number of aryl methyl sites for hydroxylation is 1. The molecule has 2 aromatic heterocycles. The van der Waals surface area contributed by atoms with Gasteiger partial charge in [-0.2, -0.15) is 5.10 Å². The van der Waals surface area contributed by atoms with Crippen molar-refractivity contribution < 1.29 is 9.59 Å². The molecular formula is C17H22N6O2S. The summed E-state index contributed by atoms with van der Waals surface area (Å²) >= 11 is 1.64. The van der Waals surface area contributed by atoms with E-state index in [4.69, 9.17) is 0 Å². The fourth-order valence-electron chi connectivity index (χ4n) is 4.03. The Morgan fingerprint density at radius 3 is 2.88 bits per heavy atom. The summed E-state index contributed by atoms with van der Waals surface area (Å²) in [7, 11) is 1.83. The summed E-state index contributed by atoms with van der Waals surface area (Å²) < 4.78 is 1.69. The van der Waals surface area contributed by atoms with Crippen LogP contribution in [0.5, 0.6) is 0 Å². The highest BCUT2D eigenvalue weighted by atomic mass is 32.1. The van der Waals surface area contributed by atoms with Crippen molar-refractivity contribution in [2.75, 3.05) is 31.1 Å². The lowest BCUT2D eigenvalue weighted by Gasteiger charge is -2.47. The minimum atomic E-state index is -0.354. The topological polar surface area (TPSA) is 74.6 Å². The Labute approximate surface area is 156 Å². The molecule has 1 spiro atoms. The highest BCUT2D eigenvalue weighted by Crippen LogP contribution is 2.35. The molecule has 4 rings (SSSR count). The van der Waals surface area contributed by atoms with E-state index in [-0.39, 0.29) is 23.9 Å². The molecule has 2 aromatic rings. The molecule has 2 amide bonds. The number of piperazine rings is 1. The van der Waals surface area contributed by atoms with Gasteiger partial charge in [0.1, 0.15) is 11.6 Å². The van der Waals surface area contributed by atoms with E-state index in [0.29, 0.717) is 6.54 Å². The number of hydrogen-bond acceptors (Lipinski definition) is 6. The number of anilines is 1. The molecule has 0 radical (unpaired) electrons. The first-order chi connectivity index (χ1) is 12.5. The van der Waals surface area contributed by atoms with Crippen LogP contribution in [0.3, 0.4) is 0 Å². The second-order valence-electron chi connectivity index (χ2n) is 7.07. The third-order valence-electron chi connectivity index (χ3n) is 5.26. The highest BCUT2D eigenvalue weighted by Gasteiger charge is 2.50. The molecule has 9 heteroatoms. The van der Waals surface area contributed by atoms with Crippen LogP contribution in [-0.2, 0) is 23.2 Å². The van der Waals surface area contributed by atoms with Gasteiger partial charge in [-0.25, -0.2) is 4.98 Å². The molecule has 1 atom stereocenters. The van der Waals surface area contributed by atoms with Crippen molar-refractivity contribution in [1.82, 2.24) is 24.6 Å². The molecule has 0 bridgehead atoms. The van der Waals surface area contributed by atoms with E-state index in [1.807, 2.05) is 24.8 Å². The van der Waals surface area contributed by atoms with Crippen molar-refractivity contribution in [1.29, 1.82) is 0 Å². The molecule has 0 saturated carbocycles. The van der Waals surface area contributed by atoms with E-state index in [0.717, 1.165) is 36.8 Å². The molecule has 2 aliphatic heterocycles. The third-order valence-corrected chi connectivity index (χ3v) is 6.02. The summed E-state index contributed by atoms with van der Waals surface area (Å²) in [6, 6.07) is 0. The maximum absolute atomic E-state index is 12.7. The zero-order chi connectivity index (χ0) is 18.3. The van der Waals surface area contributed by atoms with Crippen molar-refractivity contribution in [2.24, 2.45) is 7.05 Å². The van der Waals surface area contributed by atoms with Crippen LogP contribution in [0.25, 0.3) is 0 Å². The van der Waals surface area contributed by atoms with Gasteiger partial charge in [0.2, 0.25) is 11.8 Å². The van der Waals surface area contributed by atoms with Crippen molar-refractivity contribution in [3.63, 3.8) is 0 Å². The van der Waals surface area contributed by atoms with Gasteiger partial charge in [0.25, 0.3) is 0 Å². The number of carbonyl (C=O) groups is 2. The van der Waals surface area contributed by atoms with Gasteiger partial charge in [-0.1, -0.05) is 0 Å². The fourth-order valence-corrected chi connectivity index (χ4v) is 4.69. The molecule has 2 fully saturated rings. The number of rotatable bonds is 3. The monoisotopic (exact) mass is 374 g/mol. The number of likely N-dealkylation sites (tertiary alicyclic amines) is 1. The highest BCUT2D eigenvalue weighted by molar-refractivity contribution is 7.09. The Kier molecular flexibility index (Phi) is 4.28. The van der Waals surface area contributed by atoms with Gasteiger partial charge in [0.15, 0.2) is 0 Å². The van der Waals surface area contributed by atoms with Gasteiger partial charge >= 0.3 is 0 Å². The molecule has 8 nitrogen and oxygen atoms in total. The number of hydrogen-bond donors (Lipinski definition) is 0. The van der Waals surface area contributed by atoms with Crippen molar-refractivity contribution in [3.8, 4) is 0 Å². The Bertz CT molecular complexity index is 819. The van der Waals surface area contributed by atoms with Crippen molar-refractivity contribution in [3.05, 3.63) is 29.0 Å². The predicted octanol–water partition coefficient (Wildman–Crippen LogP) is 0.716. The van der Waals surface area contributed by atoms with Gasteiger partial charge in [-0.15, -0.1) is 11.3 Å². The average molecular weight is 374 g/mol. The molecule has 4 heterocycles. The zero-order valence-corrected chi connectivity index (χ0v) is 15.8. The summed E-state index contributed by atoms with van der Waals surface area (Å²) in [6.07, 6.45) is 6.22. The van der Waals surface area contributed by atoms with Gasteiger partial charge in [0.05, 0.1) is 30.5 Å². The number of aromatic nitrogens is 3. The Morgan fingerprint density at radius 1 is 1.38 bits per heavy atom. The summed E-state index contributed by atoms with van der Waals surface area (Å²) in [5.41, 5.74) is 0.436. The Balaban J connectivity index is 1.58. The van der Waals surface area contributed by atoms with Crippen molar-refractivity contribution in [2.45, 2.75) is 25.4 Å². The smallest absolute Gasteiger partial charge is 0.246 e. The van der Waals surface area contributed by atoms with E-state index < -0.39 is 0 Å². The number of nitrogens with zero attached hydrogens (tertiary/aromatic N) is 6. The van der Waals surface area contributed by atoms with E-state index in [1.54, 1.807) is 38.9 Å². The molecule has 0 N–H and O–H groups in total. The van der Waals surface area contributed by atoms with E-state index in [9.17, 15) is 9.59 Å². The van der Waals surface area contributed by atoms with Crippen LogP contribution < -0.4 is 4.90 Å². The van der Waals surface area contributed by atoms with E-state index >= 15 is 0 Å². The van der Waals surface area contributed by atoms with Gasteiger partial charge in [0, 0.05) is 44.8 Å². The molecule has 138 valence electrons. The summed E-state index contributed by atoms with van der Waals surface area (Å²) in [5.74, 6) is -0.0996. The summed E-state index contributed by atoms with van der Waals surface area (Å²) in [4.78, 5) is 35.2. The van der Waals surface area contributed by atoms with Gasteiger partial charge < -0.3 is 9.80 Å². The zero-order valence-electron chi connectivity index (χ0n) is 15.0. The molecule has 0 aliphatic carbocycles. The first kappa shape index (κ1) is 17.2. The van der Waals surface area contributed by atoms with Crippen LogP contribution in [-0.4, -0.2) is 68.1 Å². The predicted molar refractivity (Wildman–Crippen MR) is 97.7 cm³/mol. The second kappa shape index (κ2) is 6.48. The minimum absolute atomic E-state index is 0.0414. The number of carbonyl (C=O) groups excluding carboxylic acids is 2. The average Bonchev–Trinajstić information content (AvgIpc) is 3.33. The maximum atomic E-state index is 12.7. The molecule has 0 unspecified atom stereocenters. The van der Waals surface area contributed by atoms with Crippen LogP contribution in [0.1, 0.15) is 18.4 Å². The lowest BCUT2D eigenvalue weighted by molar-refractivity contribution is -0.142. The Morgan fingerprint density at radius 2 is 2.23 bits per heavy atom. The Hall–Kier alpha value is -2.26. The first-order valence-electron chi connectivity index (χ1n) is 8.65. The van der Waals surface area contributed by atoms with Crippen LogP contribution in [0.4, 0.5) is 5.69 Å². The summed E-state index contributed by atoms with van der Waals surface area (Å²) in [5, 5.41) is 7.24. The number of amides is 2. The van der Waals surface area contributed by atoms with Gasteiger partial charge in [-0.3, -0.25) is 19.2 Å².